The Labute approximate surface area is 124 Å². The molecule has 21 heavy (non-hydrogen) atoms. The maximum absolute atomic E-state index is 4.45. The maximum atomic E-state index is 4.45. The zero-order chi connectivity index (χ0) is 14.7. The van der Waals surface area contributed by atoms with Crippen molar-refractivity contribution in [2.24, 2.45) is 0 Å². The lowest BCUT2D eigenvalue weighted by molar-refractivity contribution is 0.989. The lowest BCUT2D eigenvalue weighted by Crippen LogP contribution is -2.06. The van der Waals surface area contributed by atoms with Gasteiger partial charge in [0.15, 0.2) is 0 Å². The SMILES string of the molecule is CCNc1ncnc(Cc2ccnc3ccccc23)c1C. The molecule has 1 N–H and O–H groups in total. The number of fused-ring (bicyclic) bond motifs is 1. The van der Waals surface area contributed by atoms with Crippen LogP contribution in [0.5, 0.6) is 0 Å². The number of nitrogens with one attached hydrogen (secondary N) is 1. The first-order valence-corrected chi connectivity index (χ1v) is 7.16. The van der Waals surface area contributed by atoms with Crippen LogP contribution in [0.1, 0.15) is 23.7 Å². The highest BCUT2D eigenvalue weighted by Gasteiger charge is 2.09. The molecule has 0 spiro atoms. The number of anilines is 1. The normalized spacial score (nSPS) is 10.8. The van der Waals surface area contributed by atoms with Crippen molar-refractivity contribution >= 4 is 16.7 Å². The summed E-state index contributed by atoms with van der Waals surface area (Å²) in [5, 5.41) is 4.46. The van der Waals surface area contributed by atoms with Gasteiger partial charge in [0.25, 0.3) is 0 Å². The molecule has 0 saturated carbocycles. The Kier molecular flexibility index (Phi) is 3.77. The predicted molar refractivity (Wildman–Crippen MR) is 85.5 cm³/mol. The van der Waals surface area contributed by atoms with E-state index in [2.05, 4.69) is 46.2 Å². The Balaban J connectivity index is 2.01. The minimum absolute atomic E-state index is 0.787. The first-order valence-electron chi connectivity index (χ1n) is 7.16. The predicted octanol–water partition coefficient (Wildman–Crippen LogP) is 3.36. The molecule has 3 aromatic rings. The fourth-order valence-corrected chi connectivity index (χ4v) is 2.50. The number of hydrogen-bond donors (Lipinski definition) is 1. The van der Waals surface area contributed by atoms with E-state index >= 15 is 0 Å². The molecule has 0 atom stereocenters. The molecule has 0 unspecified atom stereocenters. The van der Waals surface area contributed by atoms with E-state index in [1.165, 1.54) is 10.9 Å². The second-order valence-electron chi connectivity index (χ2n) is 4.99. The van der Waals surface area contributed by atoms with Crippen molar-refractivity contribution in [3.63, 3.8) is 0 Å². The minimum atomic E-state index is 0.787. The summed E-state index contributed by atoms with van der Waals surface area (Å²) in [4.78, 5) is 13.2. The molecule has 0 fully saturated rings. The second-order valence-corrected chi connectivity index (χ2v) is 4.99. The van der Waals surface area contributed by atoms with E-state index in [1.807, 2.05) is 24.4 Å². The van der Waals surface area contributed by atoms with Gasteiger partial charge < -0.3 is 5.32 Å². The van der Waals surface area contributed by atoms with Crippen molar-refractivity contribution in [3.8, 4) is 0 Å². The van der Waals surface area contributed by atoms with Crippen LogP contribution in [-0.2, 0) is 6.42 Å². The lowest BCUT2D eigenvalue weighted by atomic mass is 10.0. The van der Waals surface area contributed by atoms with Gasteiger partial charge in [-0.1, -0.05) is 18.2 Å². The molecule has 0 saturated heterocycles. The molecule has 0 aliphatic heterocycles. The van der Waals surface area contributed by atoms with E-state index in [0.29, 0.717) is 0 Å². The largest absolute Gasteiger partial charge is 0.370 e. The van der Waals surface area contributed by atoms with Gasteiger partial charge in [0, 0.05) is 30.1 Å². The van der Waals surface area contributed by atoms with Gasteiger partial charge in [-0.3, -0.25) is 4.98 Å². The van der Waals surface area contributed by atoms with Crippen LogP contribution >= 0.6 is 0 Å². The van der Waals surface area contributed by atoms with Crippen molar-refractivity contribution in [2.75, 3.05) is 11.9 Å². The third-order valence-electron chi connectivity index (χ3n) is 3.63. The number of hydrogen-bond acceptors (Lipinski definition) is 4. The number of benzene rings is 1. The van der Waals surface area contributed by atoms with Crippen LogP contribution in [0.25, 0.3) is 10.9 Å². The zero-order valence-electron chi connectivity index (χ0n) is 12.3. The van der Waals surface area contributed by atoms with E-state index < -0.39 is 0 Å². The third kappa shape index (κ3) is 2.70. The van der Waals surface area contributed by atoms with E-state index in [-0.39, 0.29) is 0 Å². The molecule has 106 valence electrons. The molecule has 0 bridgehead atoms. The fraction of sp³-hybridized carbons (Fsp3) is 0.235. The highest BCUT2D eigenvalue weighted by atomic mass is 15.0. The molecule has 4 heteroatoms. The van der Waals surface area contributed by atoms with E-state index in [1.54, 1.807) is 6.33 Å². The molecular weight excluding hydrogens is 260 g/mol. The molecule has 1 aromatic carbocycles. The quantitative estimate of drug-likeness (QED) is 0.795. The van der Waals surface area contributed by atoms with Crippen LogP contribution in [0, 0.1) is 6.92 Å². The van der Waals surface area contributed by atoms with E-state index in [9.17, 15) is 0 Å². The van der Waals surface area contributed by atoms with Crippen molar-refractivity contribution < 1.29 is 0 Å². The van der Waals surface area contributed by atoms with Crippen molar-refractivity contribution in [1.29, 1.82) is 0 Å². The number of rotatable bonds is 4. The van der Waals surface area contributed by atoms with Crippen LogP contribution in [0.15, 0.2) is 42.9 Å². The molecule has 4 nitrogen and oxygen atoms in total. The highest BCUT2D eigenvalue weighted by Crippen LogP contribution is 2.22. The summed E-state index contributed by atoms with van der Waals surface area (Å²) in [6.45, 7) is 4.99. The summed E-state index contributed by atoms with van der Waals surface area (Å²) in [6, 6.07) is 10.3. The molecule has 0 aliphatic rings. The molecule has 0 amide bonds. The van der Waals surface area contributed by atoms with Crippen LogP contribution in [0.2, 0.25) is 0 Å². The molecular formula is C17H18N4. The Morgan fingerprint density at radius 3 is 2.76 bits per heavy atom. The topological polar surface area (TPSA) is 50.7 Å². The summed E-state index contributed by atoms with van der Waals surface area (Å²) in [6.07, 6.45) is 4.28. The van der Waals surface area contributed by atoms with Crippen molar-refractivity contribution in [1.82, 2.24) is 15.0 Å². The van der Waals surface area contributed by atoms with Gasteiger partial charge in [0.2, 0.25) is 0 Å². The molecule has 0 aliphatic carbocycles. The summed E-state index contributed by atoms with van der Waals surface area (Å²) in [5.41, 5.74) is 4.43. The third-order valence-corrected chi connectivity index (χ3v) is 3.63. The number of para-hydroxylation sites is 1. The molecule has 2 aromatic heterocycles. The second kappa shape index (κ2) is 5.87. The van der Waals surface area contributed by atoms with Crippen molar-refractivity contribution in [2.45, 2.75) is 20.3 Å². The van der Waals surface area contributed by atoms with Gasteiger partial charge in [-0.2, -0.15) is 0 Å². The van der Waals surface area contributed by atoms with Gasteiger partial charge in [-0.25, -0.2) is 9.97 Å². The van der Waals surface area contributed by atoms with Gasteiger partial charge in [0.1, 0.15) is 12.1 Å². The maximum Gasteiger partial charge on any atom is 0.132 e. The van der Waals surface area contributed by atoms with E-state index in [0.717, 1.165) is 35.6 Å². The first-order chi connectivity index (χ1) is 10.3. The summed E-state index contributed by atoms with van der Waals surface area (Å²) in [5.74, 6) is 0.917. The Morgan fingerprint density at radius 1 is 1.05 bits per heavy atom. The highest BCUT2D eigenvalue weighted by molar-refractivity contribution is 5.82. The van der Waals surface area contributed by atoms with E-state index in [4.69, 9.17) is 0 Å². The monoisotopic (exact) mass is 278 g/mol. The smallest absolute Gasteiger partial charge is 0.132 e. The van der Waals surface area contributed by atoms with Gasteiger partial charge in [0.05, 0.1) is 11.2 Å². The average Bonchev–Trinajstić information content (AvgIpc) is 2.52. The average molecular weight is 278 g/mol. The van der Waals surface area contributed by atoms with Crippen LogP contribution in [0.3, 0.4) is 0 Å². The molecule has 2 heterocycles. The summed E-state index contributed by atoms with van der Waals surface area (Å²) >= 11 is 0. The lowest BCUT2D eigenvalue weighted by Gasteiger charge is -2.11. The fourth-order valence-electron chi connectivity index (χ4n) is 2.50. The standard InChI is InChI=1S/C17H18N4/c1-3-18-17-12(2)16(20-11-21-17)10-13-8-9-19-15-7-5-4-6-14(13)15/h4-9,11H,3,10H2,1-2H3,(H,18,20,21). The first kappa shape index (κ1) is 13.5. The molecule has 3 rings (SSSR count). The number of pyridine rings is 1. The van der Waals surface area contributed by atoms with Gasteiger partial charge in [-0.15, -0.1) is 0 Å². The number of nitrogens with zero attached hydrogens (tertiary/aromatic N) is 3. The Hall–Kier alpha value is -2.49. The number of aromatic nitrogens is 3. The minimum Gasteiger partial charge on any atom is -0.370 e. The molecule has 0 radical (unpaired) electrons. The van der Waals surface area contributed by atoms with Gasteiger partial charge >= 0.3 is 0 Å². The Morgan fingerprint density at radius 2 is 1.90 bits per heavy atom. The Bertz CT molecular complexity index is 762. The van der Waals surface area contributed by atoms with Crippen LogP contribution in [-0.4, -0.2) is 21.5 Å². The summed E-state index contributed by atoms with van der Waals surface area (Å²) in [7, 11) is 0. The van der Waals surface area contributed by atoms with Gasteiger partial charge in [-0.05, 0) is 31.5 Å². The van der Waals surface area contributed by atoms with Crippen LogP contribution in [0.4, 0.5) is 5.82 Å². The zero-order valence-corrected chi connectivity index (χ0v) is 12.3. The van der Waals surface area contributed by atoms with Crippen molar-refractivity contribution in [3.05, 3.63) is 59.7 Å². The summed E-state index contributed by atoms with van der Waals surface area (Å²) < 4.78 is 0. The van der Waals surface area contributed by atoms with Crippen LogP contribution < -0.4 is 5.32 Å².